The van der Waals surface area contributed by atoms with Gasteiger partial charge < -0.3 is 4.74 Å². The maximum Gasteiger partial charge on any atom is 0.118 e. The average molecular weight is 310 g/mol. The summed E-state index contributed by atoms with van der Waals surface area (Å²) in [5.74, 6) is 1.82. The fourth-order valence-corrected chi connectivity index (χ4v) is 2.75. The van der Waals surface area contributed by atoms with Crippen molar-refractivity contribution in [2.24, 2.45) is 0 Å². The number of rotatable bonds is 4. The summed E-state index contributed by atoms with van der Waals surface area (Å²) in [5.41, 5.74) is 1.27. The molecule has 1 aromatic heterocycles. The molecule has 0 spiro atoms. The van der Waals surface area contributed by atoms with Crippen molar-refractivity contribution < 1.29 is 4.74 Å². The van der Waals surface area contributed by atoms with Crippen molar-refractivity contribution >= 4 is 27.7 Å². The molecular weight excluding hydrogens is 298 g/mol. The average Bonchev–Trinajstić information content (AvgIpc) is 2.37. The van der Waals surface area contributed by atoms with Crippen molar-refractivity contribution in [2.75, 3.05) is 7.11 Å². The third-order valence-corrected chi connectivity index (χ3v) is 3.71. The van der Waals surface area contributed by atoms with Gasteiger partial charge >= 0.3 is 0 Å². The standard InChI is InChI=1S/C13H12BrNOS/c1-16-12-4-2-10(3-5-12)9-17-13-6-11(14)7-15-8-13/h2-8H,9H2,1H3. The molecule has 0 aliphatic carbocycles. The topological polar surface area (TPSA) is 22.1 Å². The van der Waals surface area contributed by atoms with E-state index in [0.717, 1.165) is 20.9 Å². The zero-order valence-electron chi connectivity index (χ0n) is 9.39. The molecule has 0 saturated carbocycles. The zero-order chi connectivity index (χ0) is 12.1. The van der Waals surface area contributed by atoms with Gasteiger partial charge in [0.15, 0.2) is 0 Å². The summed E-state index contributed by atoms with van der Waals surface area (Å²) >= 11 is 5.18. The van der Waals surface area contributed by atoms with Crippen LogP contribution in [-0.2, 0) is 5.75 Å². The van der Waals surface area contributed by atoms with Crippen LogP contribution in [0, 0.1) is 0 Å². The van der Waals surface area contributed by atoms with Gasteiger partial charge in [0.05, 0.1) is 7.11 Å². The van der Waals surface area contributed by atoms with Crippen molar-refractivity contribution in [3.8, 4) is 5.75 Å². The van der Waals surface area contributed by atoms with Crippen LogP contribution in [0.2, 0.25) is 0 Å². The van der Waals surface area contributed by atoms with Crippen LogP contribution >= 0.6 is 27.7 Å². The predicted octanol–water partition coefficient (Wildman–Crippen LogP) is 4.15. The number of nitrogens with zero attached hydrogens (tertiary/aromatic N) is 1. The van der Waals surface area contributed by atoms with Gasteiger partial charge in [-0.25, -0.2) is 0 Å². The number of ether oxygens (including phenoxy) is 1. The number of hydrogen-bond acceptors (Lipinski definition) is 3. The largest absolute Gasteiger partial charge is 0.497 e. The van der Waals surface area contributed by atoms with Crippen LogP contribution < -0.4 is 4.74 Å². The molecule has 0 amide bonds. The number of hydrogen-bond donors (Lipinski definition) is 0. The molecule has 2 rings (SSSR count). The second kappa shape index (κ2) is 6.07. The third-order valence-electron chi connectivity index (χ3n) is 2.24. The lowest BCUT2D eigenvalue weighted by Crippen LogP contribution is -1.84. The van der Waals surface area contributed by atoms with Crippen LogP contribution in [0.15, 0.2) is 52.1 Å². The molecule has 1 aromatic carbocycles. The molecule has 4 heteroatoms. The van der Waals surface area contributed by atoms with Gasteiger partial charge in [-0.3, -0.25) is 4.98 Å². The molecule has 0 saturated heterocycles. The minimum atomic E-state index is 0.892. The van der Waals surface area contributed by atoms with E-state index in [2.05, 4.69) is 39.1 Å². The van der Waals surface area contributed by atoms with Gasteiger partial charge in [0.2, 0.25) is 0 Å². The van der Waals surface area contributed by atoms with Crippen molar-refractivity contribution in [3.05, 3.63) is 52.8 Å². The highest BCUT2D eigenvalue weighted by atomic mass is 79.9. The number of pyridine rings is 1. The van der Waals surface area contributed by atoms with Crippen molar-refractivity contribution in [2.45, 2.75) is 10.6 Å². The fraction of sp³-hybridized carbons (Fsp3) is 0.154. The van der Waals surface area contributed by atoms with E-state index < -0.39 is 0 Å². The first-order valence-electron chi connectivity index (χ1n) is 5.14. The van der Waals surface area contributed by atoms with Crippen molar-refractivity contribution in [1.29, 1.82) is 0 Å². The molecular formula is C13H12BrNOS. The van der Waals surface area contributed by atoms with Gasteiger partial charge in [-0.1, -0.05) is 12.1 Å². The molecule has 88 valence electrons. The van der Waals surface area contributed by atoms with Gasteiger partial charge in [-0.15, -0.1) is 11.8 Å². The van der Waals surface area contributed by atoms with Crippen molar-refractivity contribution in [1.82, 2.24) is 4.98 Å². The van der Waals surface area contributed by atoms with E-state index in [1.165, 1.54) is 5.56 Å². The maximum absolute atomic E-state index is 5.12. The summed E-state index contributed by atoms with van der Waals surface area (Å²) in [6, 6.07) is 10.2. The maximum atomic E-state index is 5.12. The number of methoxy groups -OCH3 is 1. The van der Waals surface area contributed by atoms with Gasteiger partial charge in [0.1, 0.15) is 5.75 Å². The molecule has 1 heterocycles. The Morgan fingerprint density at radius 1 is 1.24 bits per heavy atom. The van der Waals surface area contributed by atoms with Crippen LogP contribution in [-0.4, -0.2) is 12.1 Å². The molecule has 0 atom stereocenters. The fourth-order valence-electron chi connectivity index (χ4n) is 1.36. The Balaban J connectivity index is 1.97. The third kappa shape index (κ3) is 3.75. The number of thioether (sulfide) groups is 1. The minimum Gasteiger partial charge on any atom is -0.497 e. The van der Waals surface area contributed by atoms with E-state index in [1.807, 2.05) is 18.3 Å². The first-order chi connectivity index (χ1) is 8.28. The second-order valence-electron chi connectivity index (χ2n) is 3.48. The summed E-state index contributed by atoms with van der Waals surface area (Å²) in [4.78, 5) is 5.30. The first-order valence-corrected chi connectivity index (χ1v) is 6.92. The molecule has 0 bridgehead atoms. The summed E-state index contributed by atoms with van der Waals surface area (Å²) < 4.78 is 6.14. The van der Waals surface area contributed by atoms with E-state index >= 15 is 0 Å². The zero-order valence-corrected chi connectivity index (χ0v) is 11.8. The number of benzene rings is 1. The lowest BCUT2D eigenvalue weighted by molar-refractivity contribution is 0.414. The molecule has 2 nitrogen and oxygen atoms in total. The quantitative estimate of drug-likeness (QED) is 0.792. The summed E-state index contributed by atoms with van der Waals surface area (Å²) in [6.07, 6.45) is 3.66. The van der Waals surface area contributed by atoms with Gasteiger partial charge in [0.25, 0.3) is 0 Å². The Labute approximate surface area is 114 Å². The first kappa shape index (κ1) is 12.5. The molecule has 17 heavy (non-hydrogen) atoms. The smallest absolute Gasteiger partial charge is 0.118 e. The van der Waals surface area contributed by atoms with Crippen LogP contribution in [0.25, 0.3) is 0 Å². The minimum absolute atomic E-state index is 0.892. The lowest BCUT2D eigenvalue weighted by atomic mass is 10.2. The highest BCUT2D eigenvalue weighted by Gasteiger charge is 1.98. The van der Waals surface area contributed by atoms with E-state index in [9.17, 15) is 0 Å². The highest BCUT2D eigenvalue weighted by Crippen LogP contribution is 2.25. The van der Waals surface area contributed by atoms with E-state index in [-0.39, 0.29) is 0 Å². The Kier molecular flexibility index (Phi) is 4.45. The predicted molar refractivity (Wildman–Crippen MR) is 74.5 cm³/mol. The molecule has 0 radical (unpaired) electrons. The molecule has 0 unspecified atom stereocenters. The Morgan fingerprint density at radius 2 is 2.00 bits per heavy atom. The highest BCUT2D eigenvalue weighted by molar-refractivity contribution is 9.10. The molecule has 2 aromatic rings. The normalized spacial score (nSPS) is 10.2. The lowest BCUT2D eigenvalue weighted by Gasteiger charge is -2.03. The summed E-state index contributed by atoms with van der Waals surface area (Å²) in [6.45, 7) is 0. The van der Waals surface area contributed by atoms with Crippen LogP contribution in [0.3, 0.4) is 0 Å². The van der Waals surface area contributed by atoms with Crippen molar-refractivity contribution in [3.63, 3.8) is 0 Å². The Morgan fingerprint density at radius 3 is 2.65 bits per heavy atom. The SMILES string of the molecule is COc1ccc(CSc2cncc(Br)c2)cc1. The Hall–Kier alpha value is -1.00. The summed E-state index contributed by atoms with van der Waals surface area (Å²) in [7, 11) is 1.68. The van der Waals surface area contributed by atoms with E-state index in [0.29, 0.717) is 0 Å². The van der Waals surface area contributed by atoms with Gasteiger partial charge in [-0.05, 0) is 39.7 Å². The summed E-state index contributed by atoms with van der Waals surface area (Å²) in [5, 5.41) is 0. The van der Waals surface area contributed by atoms with Gasteiger partial charge in [-0.2, -0.15) is 0 Å². The van der Waals surface area contributed by atoms with Crippen LogP contribution in [0.1, 0.15) is 5.56 Å². The van der Waals surface area contributed by atoms with Crippen LogP contribution in [0.5, 0.6) is 5.75 Å². The number of aromatic nitrogens is 1. The monoisotopic (exact) mass is 309 g/mol. The Bertz CT molecular complexity index is 487. The second-order valence-corrected chi connectivity index (χ2v) is 5.44. The van der Waals surface area contributed by atoms with Crippen LogP contribution in [0.4, 0.5) is 0 Å². The molecule has 0 aliphatic heterocycles. The number of halogens is 1. The molecule has 0 N–H and O–H groups in total. The van der Waals surface area contributed by atoms with Gasteiger partial charge in [0, 0.05) is 27.5 Å². The van der Waals surface area contributed by atoms with E-state index in [4.69, 9.17) is 4.74 Å². The molecule has 0 fully saturated rings. The van der Waals surface area contributed by atoms with E-state index in [1.54, 1.807) is 25.1 Å². The molecule has 0 aliphatic rings.